The molecule has 0 atom stereocenters. The van der Waals surface area contributed by atoms with Gasteiger partial charge in [0.05, 0.1) is 23.7 Å². The van der Waals surface area contributed by atoms with E-state index in [1.54, 1.807) is 17.0 Å². The molecular weight excluding hydrogens is 396 g/mol. The number of nitrogens with one attached hydrogen (secondary N) is 1. The van der Waals surface area contributed by atoms with Crippen LogP contribution in [0.4, 0.5) is 5.69 Å². The van der Waals surface area contributed by atoms with Gasteiger partial charge in [0.25, 0.3) is 5.56 Å². The van der Waals surface area contributed by atoms with E-state index in [0.29, 0.717) is 28.7 Å². The number of hydrogen-bond acceptors (Lipinski definition) is 5. The summed E-state index contributed by atoms with van der Waals surface area (Å²) in [4.78, 5) is 34.0. The van der Waals surface area contributed by atoms with Crippen LogP contribution in [0, 0.1) is 11.3 Å². The molecule has 2 heterocycles. The van der Waals surface area contributed by atoms with Crippen molar-refractivity contribution in [3.8, 4) is 6.07 Å². The molecule has 0 bridgehead atoms. The molecule has 150 valence electrons. The van der Waals surface area contributed by atoms with E-state index in [9.17, 15) is 9.59 Å². The minimum atomic E-state index is -0.269. The van der Waals surface area contributed by atoms with Gasteiger partial charge in [0, 0.05) is 24.1 Å². The van der Waals surface area contributed by atoms with Crippen LogP contribution in [0.3, 0.4) is 0 Å². The maximum absolute atomic E-state index is 12.9. The average Bonchev–Trinajstić information content (AvgIpc) is 2.77. The molecule has 0 fully saturated rings. The number of benzene rings is 2. The third-order valence-electron chi connectivity index (χ3n) is 4.98. The van der Waals surface area contributed by atoms with Crippen LogP contribution in [0.1, 0.15) is 28.8 Å². The second-order valence-corrected chi connectivity index (χ2v) is 8.06. The van der Waals surface area contributed by atoms with Gasteiger partial charge in [0.1, 0.15) is 0 Å². The summed E-state index contributed by atoms with van der Waals surface area (Å²) in [6.07, 6.45) is 1.99. The van der Waals surface area contributed by atoms with Gasteiger partial charge in [-0.2, -0.15) is 5.26 Å². The summed E-state index contributed by atoms with van der Waals surface area (Å²) in [5.74, 6) is 0.550. The van der Waals surface area contributed by atoms with E-state index < -0.39 is 0 Å². The van der Waals surface area contributed by atoms with Crippen molar-refractivity contribution in [2.75, 3.05) is 11.4 Å². The van der Waals surface area contributed by atoms with Gasteiger partial charge in [-0.3, -0.25) is 9.59 Å². The number of thioether (sulfide) groups is 1. The number of aromatic amines is 1. The first-order valence-electron chi connectivity index (χ1n) is 9.73. The number of carbonyl (C=O) groups excluding carboxylic acids is 1. The zero-order chi connectivity index (χ0) is 20.9. The highest BCUT2D eigenvalue weighted by molar-refractivity contribution is 7.98. The molecule has 1 N–H and O–H groups in total. The normalized spacial score (nSPS) is 12.8. The molecule has 0 saturated heterocycles. The van der Waals surface area contributed by atoms with E-state index in [-0.39, 0.29) is 17.9 Å². The number of carbonyl (C=O) groups is 1. The first-order chi connectivity index (χ1) is 14.6. The standard InChI is InChI=1S/C23H20N4O2S/c24-14-16-7-9-17(10-8-16)15-30-23-25-19(12-21(28)26-23)13-22(29)27-11-3-5-18-4-1-2-6-20(18)27/h1-2,4,6-10,12H,3,5,11,13,15H2,(H,25,26,28). The van der Waals surface area contributed by atoms with E-state index in [1.165, 1.54) is 23.4 Å². The van der Waals surface area contributed by atoms with Crippen molar-refractivity contribution in [2.45, 2.75) is 30.2 Å². The lowest BCUT2D eigenvalue weighted by Crippen LogP contribution is -2.36. The van der Waals surface area contributed by atoms with Crippen LogP contribution in [0.15, 0.2) is 64.5 Å². The van der Waals surface area contributed by atoms with Crippen molar-refractivity contribution >= 4 is 23.4 Å². The molecule has 30 heavy (non-hydrogen) atoms. The fourth-order valence-electron chi connectivity index (χ4n) is 3.51. The van der Waals surface area contributed by atoms with Gasteiger partial charge in [-0.1, -0.05) is 42.1 Å². The van der Waals surface area contributed by atoms with E-state index in [1.807, 2.05) is 30.3 Å². The van der Waals surface area contributed by atoms with Gasteiger partial charge >= 0.3 is 0 Å². The minimum Gasteiger partial charge on any atom is -0.312 e. The van der Waals surface area contributed by atoms with E-state index in [2.05, 4.69) is 22.1 Å². The van der Waals surface area contributed by atoms with Crippen LogP contribution in [0.5, 0.6) is 0 Å². The number of para-hydroxylation sites is 1. The van der Waals surface area contributed by atoms with Crippen molar-refractivity contribution in [3.05, 3.63) is 87.3 Å². The lowest BCUT2D eigenvalue weighted by atomic mass is 10.0. The molecule has 1 aromatic heterocycles. The summed E-state index contributed by atoms with van der Waals surface area (Å²) < 4.78 is 0. The Morgan fingerprint density at radius 3 is 2.80 bits per heavy atom. The molecule has 4 rings (SSSR count). The first kappa shape index (κ1) is 19.9. The molecule has 6 nitrogen and oxygen atoms in total. The highest BCUT2D eigenvalue weighted by Crippen LogP contribution is 2.27. The Labute approximate surface area is 178 Å². The Morgan fingerprint density at radius 1 is 1.20 bits per heavy atom. The number of nitriles is 1. The minimum absolute atomic E-state index is 0.0525. The van der Waals surface area contributed by atoms with Gasteiger partial charge in [0.2, 0.25) is 5.91 Å². The summed E-state index contributed by atoms with van der Waals surface area (Å²) in [7, 11) is 0. The molecule has 7 heteroatoms. The summed E-state index contributed by atoms with van der Waals surface area (Å²) >= 11 is 1.39. The molecule has 2 aromatic carbocycles. The number of aromatic nitrogens is 2. The van der Waals surface area contributed by atoms with Crippen LogP contribution in [0.2, 0.25) is 0 Å². The highest BCUT2D eigenvalue weighted by atomic mass is 32.2. The van der Waals surface area contributed by atoms with Gasteiger partial charge in [0.15, 0.2) is 5.16 Å². The maximum atomic E-state index is 12.9. The molecule has 1 amide bonds. The molecule has 0 unspecified atom stereocenters. The predicted molar refractivity (Wildman–Crippen MR) is 116 cm³/mol. The van der Waals surface area contributed by atoms with Crippen molar-refractivity contribution in [1.82, 2.24) is 9.97 Å². The van der Waals surface area contributed by atoms with Crippen molar-refractivity contribution in [3.63, 3.8) is 0 Å². The zero-order valence-corrected chi connectivity index (χ0v) is 17.1. The Hall–Kier alpha value is -3.37. The number of anilines is 1. The van der Waals surface area contributed by atoms with Crippen LogP contribution < -0.4 is 10.5 Å². The summed E-state index contributed by atoms with van der Waals surface area (Å²) in [6, 6.07) is 18.7. The van der Waals surface area contributed by atoms with Gasteiger partial charge < -0.3 is 9.88 Å². The Kier molecular flexibility index (Phi) is 5.96. The van der Waals surface area contributed by atoms with Gasteiger partial charge in [-0.15, -0.1) is 0 Å². The van der Waals surface area contributed by atoms with Crippen molar-refractivity contribution in [1.29, 1.82) is 5.26 Å². The van der Waals surface area contributed by atoms with Gasteiger partial charge in [-0.05, 0) is 42.2 Å². The summed E-state index contributed by atoms with van der Waals surface area (Å²) in [6.45, 7) is 0.680. The molecule has 0 radical (unpaired) electrons. The summed E-state index contributed by atoms with van der Waals surface area (Å²) in [5.41, 5.74) is 3.95. The predicted octanol–water partition coefficient (Wildman–Crippen LogP) is 3.46. The molecule has 1 aliphatic rings. The largest absolute Gasteiger partial charge is 0.312 e. The van der Waals surface area contributed by atoms with Gasteiger partial charge in [-0.25, -0.2) is 4.98 Å². The topological polar surface area (TPSA) is 89.8 Å². The Balaban J connectivity index is 1.46. The fraction of sp³-hybridized carbons (Fsp3) is 0.217. The molecule has 0 saturated carbocycles. The lowest BCUT2D eigenvalue weighted by Gasteiger charge is -2.29. The number of H-pyrrole nitrogens is 1. The molecule has 0 aliphatic carbocycles. The van der Waals surface area contributed by atoms with Crippen molar-refractivity contribution in [2.24, 2.45) is 0 Å². The number of fused-ring (bicyclic) bond motifs is 1. The number of rotatable bonds is 5. The zero-order valence-electron chi connectivity index (χ0n) is 16.3. The van der Waals surface area contributed by atoms with E-state index in [4.69, 9.17) is 5.26 Å². The Bertz CT molecular complexity index is 1160. The van der Waals surface area contributed by atoms with E-state index in [0.717, 1.165) is 24.1 Å². The lowest BCUT2D eigenvalue weighted by molar-refractivity contribution is -0.118. The molecular formula is C23H20N4O2S. The van der Waals surface area contributed by atoms with Crippen LogP contribution in [-0.2, 0) is 23.4 Å². The third kappa shape index (κ3) is 4.61. The van der Waals surface area contributed by atoms with Crippen LogP contribution in [-0.4, -0.2) is 22.4 Å². The number of amides is 1. The van der Waals surface area contributed by atoms with Crippen molar-refractivity contribution < 1.29 is 4.79 Å². The maximum Gasteiger partial charge on any atom is 0.251 e. The number of hydrogen-bond donors (Lipinski definition) is 1. The summed E-state index contributed by atoms with van der Waals surface area (Å²) in [5, 5.41) is 9.36. The number of aryl methyl sites for hydroxylation is 1. The average molecular weight is 417 g/mol. The smallest absolute Gasteiger partial charge is 0.251 e. The highest BCUT2D eigenvalue weighted by Gasteiger charge is 2.22. The second-order valence-electron chi connectivity index (χ2n) is 7.09. The number of nitrogens with zero attached hydrogens (tertiary/aromatic N) is 3. The fourth-order valence-corrected chi connectivity index (χ4v) is 4.36. The van der Waals surface area contributed by atoms with E-state index >= 15 is 0 Å². The third-order valence-corrected chi connectivity index (χ3v) is 5.92. The first-order valence-corrected chi connectivity index (χ1v) is 10.7. The Morgan fingerprint density at radius 2 is 2.00 bits per heavy atom. The second kappa shape index (κ2) is 8.97. The SMILES string of the molecule is N#Cc1ccc(CSc2nc(CC(=O)N3CCCc4ccccc43)cc(=O)[nH]2)cc1. The molecule has 3 aromatic rings. The molecule has 1 aliphatic heterocycles. The monoisotopic (exact) mass is 416 g/mol. The van der Waals surface area contributed by atoms with Crippen LogP contribution in [0.25, 0.3) is 0 Å². The molecule has 0 spiro atoms. The quantitative estimate of drug-likeness (QED) is 0.508. The van der Waals surface area contributed by atoms with Crippen LogP contribution >= 0.6 is 11.8 Å².